The van der Waals surface area contributed by atoms with Gasteiger partial charge in [0.15, 0.2) is 0 Å². The fraction of sp³-hybridized carbons (Fsp3) is 1.00. The summed E-state index contributed by atoms with van der Waals surface area (Å²) in [6, 6.07) is 0. The van der Waals surface area contributed by atoms with Gasteiger partial charge in [-0.2, -0.15) is 0 Å². The number of ether oxygens (including phenoxy) is 2. The summed E-state index contributed by atoms with van der Waals surface area (Å²) in [7, 11) is 0. The van der Waals surface area contributed by atoms with Gasteiger partial charge in [0.25, 0.3) is 0 Å². The Morgan fingerprint density at radius 3 is 2.33 bits per heavy atom. The molecule has 2 fully saturated rings. The molecule has 1 saturated heterocycles. The Bertz CT molecular complexity index is 161. The van der Waals surface area contributed by atoms with Crippen LogP contribution in [0.25, 0.3) is 0 Å². The largest absolute Gasteiger partial charge is 0.376 e. The van der Waals surface area contributed by atoms with E-state index >= 15 is 0 Å². The molecule has 1 saturated carbocycles. The number of hydrogen-bond donors (Lipinski definition) is 0. The molecule has 12 heavy (non-hydrogen) atoms. The first-order valence-corrected chi connectivity index (χ1v) is 4.84. The fourth-order valence-corrected chi connectivity index (χ4v) is 1.85. The molecule has 2 rings (SSSR count). The van der Waals surface area contributed by atoms with Gasteiger partial charge in [0.05, 0.1) is 24.4 Å². The van der Waals surface area contributed by atoms with Crippen molar-refractivity contribution >= 4 is 0 Å². The summed E-state index contributed by atoms with van der Waals surface area (Å²) in [5, 5.41) is 0. The van der Waals surface area contributed by atoms with Crippen molar-refractivity contribution in [2.45, 2.75) is 51.4 Å². The van der Waals surface area contributed by atoms with Crippen LogP contribution in [0.4, 0.5) is 0 Å². The van der Waals surface area contributed by atoms with Crippen LogP contribution >= 0.6 is 0 Å². The molecule has 0 spiro atoms. The Labute approximate surface area is 74.2 Å². The fourth-order valence-electron chi connectivity index (χ4n) is 1.85. The molecule has 1 heterocycles. The van der Waals surface area contributed by atoms with E-state index in [1.54, 1.807) is 0 Å². The van der Waals surface area contributed by atoms with Crippen molar-refractivity contribution in [2.24, 2.45) is 5.92 Å². The Morgan fingerprint density at radius 1 is 1.25 bits per heavy atom. The summed E-state index contributed by atoms with van der Waals surface area (Å²) in [6.45, 7) is 7.25. The molecule has 0 radical (unpaired) electrons. The van der Waals surface area contributed by atoms with Gasteiger partial charge in [-0.15, -0.1) is 0 Å². The Balaban J connectivity index is 1.68. The van der Waals surface area contributed by atoms with Crippen LogP contribution in [0.1, 0.15) is 33.6 Å². The van der Waals surface area contributed by atoms with Crippen LogP contribution in [0.2, 0.25) is 0 Å². The van der Waals surface area contributed by atoms with Crippen LogP contribution in [-0.2, 0) is 9.47 Å². The zero-order valence-corrected chi connectivity index (χ0v) is 8.17. The maximum absolute atomic E-state index is 5.73. The van der Waals surface area contributed by atoms with E-state index in [0.29, 0.717) is 12.2 Å². The van der Waals surface area contributed by atoms with E-state index in [1.807, 2.05) is 0 Å². The monoisotopic (exact) mass is 170 g/mol. The quantitative estimate of drug-likeness (QED) is 0.591. The van der Waals surface area contributed by atoms with Gasteiger partial charge < -0.3 is 9.47 Å². The zero-order valence-electron chi connectivity index (χ0n) is 8.17. The van der Waals surface area contributed by atoms with Crippen molar-refractivity contribution in [1.82, 2.24) is 0 Å². The summed E-state index contributed by atoms with van der Waals surface area (Å²) in [5.74, 6) is 0.757. The lowest BCUT2D eigenvalue weighted by Crippen LogP contribution is -2.23. The van der Waals surface area contributed by atoms with Gasteiger partial charge in [-0.25, -0.2) is 0 Å². The van der Waals surface area contributed by atoms with E-state index in [-0.39, 0.29) is 5.60 Å². The average Bonchev–Trinajstić information content (AvgIpc) is 2.54. The van der Waals surface area contributed by atoms with Crippen LogP contribution in [0.15, 0.2) is 0 Å². The Kier molecular flexibility index (Phi) is 1.92. The van der Waals surface area contributed by atoms with Crippen LogP contribution in [-0.4, -0.2) is 24.4 Å². The molecule has 0 unspecified atom stereocenters. The maximum Gasteiger partial charge on any atom is 0.0845 e. The molecule has 1 aliphatic heterocycles. The molecule has 0 N–H and O–H groups in total. The van der Waals surface area contributed by atoms with Gasteiger partial charge in [0, 0.05) is 0 Å². The summed E-state index contributed by atoms with van der Waals surface area (Å²) in [5.41, 5.74) is 0.0215. The first kappa shape index (κ1) is 8.52. The standard InChI is InChI=1S/C10H18O2/c1-10(2,3)11-6-7-4-8-9(5-7)12-8/h7-9H,4-6H2,1-3H3/t8-,9-/m1/s1. The number of epoxide rings is 1. The van der Waals surface area contributed by atoms with E-state index in [1.165, 1.54) is 12.8 Å². The minimum absolute atomic E-state index is 0.0215. The Morgan fingerprint density at radius 2 is 1.83 bits per heavy atom. The number of hydrogen-bond acceptors (Lipinski definition) is 2. The first-order chi connectivity index (χ1) is 5.54. The lowest BCUT2D eigenvalue weighted by atomic mass is 10.1. The summed E-state index contributed by atoms with van der Waals surface area (Å²) < 4.78 is 11.1. The highest BCUT2D eigenvalue weighted by Gasteiger charge is 2.47. The highest BCUT2D eigenvalue weighted by Crippen LogP contribution is 2.42. The SMILES string of the molecule is CC(C)(C)OCC1C[C@H]2O[C@@H]2C1. The van der Waals surface area contributed by atoms with Crippen molar-refractivity contribution in [3.8, 4) is 0 Å². The molecule has 2 nitrogen and oxygen atoms in total. The minimum atomic E-state index is 0.0215. The van der Waals surface area contributed by atoms with Crippen molar-refractivity contribution < 1.29 is 9.47 Å². The summed E-state index contributed by atoms with van der Waals surface area (Å²) in [6.07, 6.45) is 3.64. The molecule has 70 valence electrons. The van der Waals surface area contributed by atoms with E-state index < -0.39 is 0 Å². The Hall–Kier alpha value is -0.0800. The minimum Gasteiger partial charge on any atom is -0.376 e. The first-order valence-electron chi connectivity index (χ1n) is 4.84. The average molecular weight is 170 g/mol. The molecular weight excluding hydrogens is 152 g/mol. The van der Waals surface area contributed by atoms with Gasteiger partial charge in [-0.05, 0) is 39.5 Å². The van der Waals surface area contributed by atoms with Crippen LogP contribution in [0, 0.1) is 5.92 Å². The van der Waals surface area contributed by atoms with Gasteiger partial charge in [-0.3, -0.25) is 0 Å². The highest BCUT2D eigenvalue weighted by molar-refractivity contribution is 4.95. The second kappa shape index (κ2) is 2.71. The zero-order chi connectivity index (χ0) is 8.77. The number of rotatable bonds is 2. The predicted octanol–water partition coefficient (Wildman–Crippen LogP) is 1.98. The molecule has 2 heteroatoms. The summed E-state index contributed by atoms with van der Waals surface area (Å²) in [4.78, 5) is 0. The lowest BCUT2D eigenvalue weighted by molar-refractivity contribution is -0.0261. The van der Waals surface area contributed by atoms with Gasteiger partial charge in [0.2, 0.25) is 0 Å². The van der Waals surface area contributed by atoms with Gasteiger partial charge >= 0.3 is 0 Å². The smallest absolute Gasteiger partial charge is 0.0845 e. The van der Waals surface area contributed by atoms with Gasteiger partial charge in [0.1, 0.15) is 0 Å². The topological polar surface area (TPSA) is 21.8 Å². The summed E-state index contributed by atoms with van der Waals surface area (Å²) >= 11 is 0. The molecule has 2 aliphatic rings. The highest BCUT2D eigenvalue weighted by atomic mass is 16.6. The van der Waals surface area contributed by atoms with Crippen molar-refractivity contribution in [2.75, 3.05) is 6.61 Å². The molecule has 0 aromatic rings. The lowest BCUT2D eigenvalue weighted by Gasteiger charge is -2.22. The van der Waals surface area contributed by atoms with Crippen LogP contribution in [0.5, 0.6) is 0 Å². The second-order valence-corrected chi connectivity index (χ2v) is 4.97. The second-order valence-electron chi connectivity index (χ2n) is 4.97. The third-order valence-electron chi connectivity index (χ3n) is 2.57. The van der Waals surface area contributed by atoms with E-state index in [9.17, 15) is 0 Å². The third-order valence-corrected chi connectivity index (χ3v) is 2.57. The predicted molar refractivity (Wildman–Crippen MR) is 47.1 cm³/mol. The molecule has 1 aliphatic carbocycles. The van der Waals surface area contributed by atoms with E-state index in [0.717, 1.165) is 12.5 Å². The molecule has 0 aromatic carbocycles. The van der Waals surface area contributed by atoms with Gasteiger partial charge in [-0.1, -0.05) is 0 Å². The molecular formula is C10H18O2. The van der Waals surface area contributed by atoms with Crippen molar-refractivity contribution in [3.05, 3.63) is 0 Å². The normalized spacial score (nSPS) is 35.2. The molecule has 0 aromatic heterocycles. The van der Waals surface area contributed by atoms with Crippen molar-refractivity contribution in [3.63, 3.8) is 0 Å². The molecule has 0 bridgehead atoms. The van der Waals surface area contributed by atoms with E-state index in [4.69, 9.17) is 9.47 Å². The van der Waals surface area contributed by atoms with Crippen molar-refractivity contribution in [1.29, 1.82) is 0 Å². The number of fused-ring (bicyclic) bond motifs is 1. The van der Waals surface area contributed by atoms with Crippen LogP contribution < -0.4 is 0 Å². The third kappa shape index (κ3) is 1.99. The molecule has 2 atom stereocenters. The molecule has 0 amide bonds. The van der Waals surface area contributed by atoms with Crippen LogP contribution in [0.3, 0.4) is 0 Å². The maximum atomic E-state index is 5.73. The van der Waals surface area contributed by atoms with E-state index in [2.05, 4.69) is 20.8 Å².